The van der Waals surface area contributed by atoms with E-state index in [2.05, 4.69) is 4.98 Å². The molecule has 17 heavy (non-hydrogen) atoms. The fraction of sp³-hybridized carbons (Fsp3) is 0.167. The van der Waals surface area contributed by atoms with Crippen LogP contribution in [0.3, 0.4) is 0 Å². The van der Waals surface area contributed by atoms with Crippen molar-refractivity contribution in [2.24, 2.45) is 0 Å². The van der Waals surface area contributed by atoms with E-state index in [1.54, 1.807) is 18.2 Å². The number of carboxylic acids is 1. The molecule has 0 aliphatic rings. The van der Waals surface area contributed by atoms with Crippen LogP contribution in [0.5, 0.6) is 5.75 Å². The van der Waals surface area contributed by atoms with Gasteiger partial charge < -0.3 is 14.6 Å². The molecule has 0 saturated heterocycles. The van der Waals surface area contributed by atoms with Gasteiger partial charge >= 0.3 is 5.97 Å². The maximum absolute atomic E-state index is 10.5. The highest BCUT2D eigenvalue weighted by molar-refractivity contribution is 5.69. The van der Waals surface area contributed by atoms with Crippen LogP contribution in [-0.2, 0) is 17.6 Å². The van der Waals surface area contributed by atoms with Crippen LogP contribution in [0, 0.1) is 0 Å². The van der Waals surface area contributed by atoms with Gasteiger partial charge in [0.25, 0.3) is 0 Å². The molecule has 1 aromatic heterocycles. The minimum atomic E-state index is -0.954. The van der Waals surface area contributed by atoms with Crippen LogP contribution >= 0.6 is 0 Å². The highest BCUT2D eigenvalue weighted by atomic mass is 16.4. The van der Waals surface area contributed by atoms with Crippen LogP contribution in [0.25, 0.3) is 0 Å². The molecule has 0 unspecified atom stereocenters. The third-order valence-electron chi connectivity index (χ3n) is 2.19. The second kappa shape index (κ2) is 4.69. The smallest absolute Gasteiger partial charge is 0.311 e. The minimum Gasteiger partial charge on any atom is -0.508 e. The first-order valence-electron chi connectivity index (χ1n) is 5.07. The standard InChI is InChI=1S/C12H11NO4/c14-9-3-1-2-8(4-9)5-11-13-7-10(17-11)6-12(15)16/h1-4,7,14H,5-6H2,(H,15,16). The quantitative estimate of drug-likeness (QED) is 0.837. The van der Waals surface area contributed by atoms with Gasteiger partial charge in [0.15, 0.2) is 5.89 Å². The van der Waals surface area contributed by atoms with Gasteiger partial charge in [-0.2, -0.15) is 0 Å². The molecule has 0 radical (unpaired) electrons. The third kappa shape index (κ3) is 3.07. The number of oxazole rings is 1. The van der Waals surface area contributed by atoms with Gasteiger partial charge in [-0.3, -0.25) is 4.79 Å². The number of aliphatic carboxylic acids is 1. The van der Waals surface area contributed by atoms with Crippen LogP contribution in [0.2, 0.25) is 0 Å². The average Bonchev–Trinajstić information content (AvgIpc) is 2.64. The highest BCUT2D eigenvalue weighted by Gasteiger charge is 2.08. The van der Waals surface area contributed by atoms with Crippen molar-refractivity contribution < 1.29 is 19.4 Å². The number of aromatic hydroxyl groups is 1. The molecule has 1 heterocycles. The van der Waals surface area contributed by atoms with Crippen molar-refractivity contribution in [3.63, 3.8) is 0 Å². The van der Waals surface area contributed by atoms with E-state index < -0.39 is 5.97 Å². The largest absolute Gasteiger partial charge is 0.508 e. The van der Waals surface area contributed by atoms with Crippen molar-refractivity contribution in [2.45, 2.75) is 12.8 Å². The number of hydrogen-bond acceptors (Lipinski definition) is 4. The Morgan fingerprint density at radius 2 is 2.24 bits per heavy atom. The zero-order valence-corrected chi connectivity index (χ0v) is 8.96. The minimum absolute atomic E-state index is 0.174. The van der Waals surface area contributed by atoms with Crippen LogP contribution in [0.15, 0.2) is 34.9 Å². The number of phenols is 1. The molecule has 2 aromatic rings. The predicted octanol–water partition coefficient (Wildman–Crippen LogP) is 1.60. The van der Waals surface area contributed by atoms with Crippen LogP contribution < -0.4 is 0 Å². The summed E-state index contributed by atoms with van der Waals surface area (Å²) in [6.45, 7) is 0. The van der Waals surface area contributed by atoms with Crippen molar-refractivity contribution in [2.75, 3.05) is 0 Å². The molecule has 1 aromatic carbocycles. The van der Waals surface area contributed by atoms with Gasteiger partial charge in [0.2, 0.25) is 0 Å². The lowest BCUT2D eigenvalue weighted by Gasteiger charge is -1.98. The Kier molecular flexibility index (Phi) is 3.09. The van der Waals surface area contributed by atoms with Crippen LogP contribution in [0.4, 0.5) is 0 Å². The van der Waals surface area contributed by atoms with Crippen molar-refractivity contribution in [1.82, 2.24) is 4.98 Å². The molecule has 0 atom stereocenters. The molecule has 0 bridgehead atoms. The normalized spacial score (nSPS) is 10.4. The number of aromatic nitrogens is 1. The van der Waals surface area contributed by atoms with Crippen molar-refractivity contribution in [3.05, 3.63) is 47.7 Å². The molecule has 0 spiro atoms. The van der Waals surface area contributed by atoms with E-state index in [1.165, 1.54) is 6.20 Å². The molecule has 5 nitrogen and oxygen atoms in total. The Labute approximate surface area is 97.3 Å². The van der Waals surface area contributed by atoms with Gasteiger partial charge in [-0.25, -0.2) is 4.98 Å². The van der Waals surface area contributed by atoms with Gasteiger partial charge in [0.1, 0.15) is 17.9 Å². The molecule has 0 amide bonds. The summed E-state index contributed by atoms with van der Waals surface area (Å²) in [5.74, 6) is -0.00984. The van der Waals surface area contributed by atoms with E-state index >= 15 is 0 Å². The number of benzene rings is 1. The molecule has 88 valence electrons. The first-order chi connectivity index (χ1) is 8.13. The fourth-order valence-corrected chi connectivity index (χ4v) is 1.50. The maximum atomic E-state index is 10.5. The zero-order valence-electron chi connectivity index (χ0n) is 8.96. The molecular weight excluding hydrogens is 222 g/mol. The number of carbonyl (C=O) groups is 1. The number of phenolic OH excluding ortho intramolecular Hbond substituents is 1. The Balaban J connectivity index is 2.08. The van der Waals surface area contributed by atoms with E-state index in [4.69, 9.17) is 9.52 Å². The van der Waals surface area contributed by atoms with Gasteiger partial charge in [-0.05, 0) is 17.7 Å². The molecular formula is C12H11NO4. The van der Waals surface area contributed by atoms with Crippen LogP contribution in [0.1, 0.15) is 17.2 Å². The van der Waals surface area contributed by atoms with Crippen LogP contribution in [-0.4, -0.2) is 21.2 Å². The summed E-state index contributed by atoms with van der Waals surface area (Å²) >= 11 is 0. The zero-order chi connectivity index (χ0) is 12.3. The number of hydrogen-bond donors (Lipinski definition) is 2. The summed E-state index contributed by atoms with van der Waals surface area (Å²) in [5.41, 5.74) is 0.855. The third-order valence-corrected chi connectivity index (χ3v) is 2.19. The monoisotopic (exact) mass is 233 g/mol. The van der Waals surface area contributed by atoms with E-state index in [-0.39, 0.29) is 12.2 Å². The number of carboxylic acid groups (broad SMARTS) is 1. The Morgan fingerprint density at radius 3 is 2.94 bits per heavy atom. The van der Waals surface area contributed by atoms with Crippen molar-refractivity contribution >= 4 is 5.97 Å². The molecule has 2 rings (SSSR count). The van der Waals surface area contributed by atoms with Crippen molar-refractivity contribution in [1.29, 1.82) is 0 Å². The Hall–Kier alpha value is -2.30. The molecule has 0 fully saturated rings. The predicted molar refractivity (Wildman–Crippen MR) is 58.8 cm³/mol. The highest BCUT2D eigenvalue weighted by Crippen LogP contribution is 2.15. The summed E-state index contributed by atoms with van der Waals surface area (Å²) in [7, 11) is 0. The van der Waals surface area contributed by atoms with Gasteiger partial charge in [0.05, 0.1) is 6.20 Å². The summed E-state index contributed by atoms with van der Waals surface area (Å²) < 4.78 is 5.26. The number of nitrogens with zero attached hydrogens (tertiary/aromatic N) is 1. The Morgan fingerprint density at radius 1 is 1.41 bits per heavy atom. The first-order valence-corrected chi connectivity index (χ1v) is 5.07. The average molecular weight is 233 g/mol. The van der Waals surface area contributed by atoms with Gasteiger partial charge in [-0.1, -0.05) is 12.1 Å². The van der Waals surface area contributed by atoms with E-state index in [1.807, 2.05) is 6.07 Å². The summed E-state index contributed by atoms with van der Waals surface area (Å²) in [5, 5.41) is 17.9. The van der Waals surface area contributed by atoms with E-state index in [0.717, 1.165) is 5.56 Å². The van der Waals surface area contributed by atoms with E-state index in [0.29, 0.717) is 18.1 Å². The lowest BCUT2D eigenvalue weighted by atomic mass is 10.1. The molecule has 0 aliphatic heterocycles. The van der Waals surface area contributed by atoms with E-state index in [9.17, 15) is 9.90 Å². The lowest BCUT2D eigenvalue weighted by Crippen LogP contribution is -1.98. The van der Waals surface area contributed by atoms with Gasteiger partial charge in [0, 0.05) is 6.42 Å². The first kappa shape index (κ1) is 11.2. The molecule has 5 heteroatoms. The molecule has 0 aliphatic carbocycles. The topological polar surface area (TPSA) is 83.6 Å². The second-order valence-electron chi connectivity index (χ2n) is 3.64. The van der Waals surface area contributed by atoms with Gasteiger partial charge in [-0.15, -0.1) is 0 Å². The molecule has 0 saturated carbocycles. The Bertz CT molecular complexity index is 533. The molecule has 2 N–H and O–H groups in total. The summed E-state index contributed by atoms with van der Waals surface area (Å²) in [6.07, 6.45) is 1.66. The van der Waals surface area contributed by atoms with Crippen molar-refractivity contribution in [3.8, 4) is 5.75 Å². The lowest BCUT2D eigenvalue weighted by molar-refractivity contribution is -0.136. The fourth-order valence-electron chi connectivity index (χ4n) is 1.50. The SMILES string of the molecule is O=C(O)Cc1cnc(Cc2cccc(O)c2)o1. The second-order valence-corrected chi connectivity index (χ2v) is 3.64. The summed E-state index contributed by atoms with van der Waals surface area (Å²) in [6, 6.07) is 6.75. The number of rotatable bonds is 4. The maximum Gasteiger partial charge on any atom is 0.311 e. The summed E-state index contributed by atoms with van der Waals surface area (Å²) in [4.78, 5) is 14.4.